The van der Waals surface area contributed by atoms with E-state index in [1.54, 1.807) is 18.0 Å². The summed E-state index contributed by atoms with van der Waals surface area (Å²) in [6.45, 7) is 8.19. The standard InChI is InChI=1S/C25H26N4O2/c1-15(2)18-9-11-19(12-10-18)29-27-22-13-17(4)21(14-23(22)28-29)26-25(30)20-8-6-7-16(3)24(20)31-5/h6-15H,1-5H3,(H,26,30). The van der Waals surface area contributed by atoms with Gasteiger partial charge >= 0.3 is 0 Å². The van der Waals surface area contributed by atoms with Crippen molar-refractivity contribution >= 4 is 22.6 Å². The number of ether oxygens (including phenoxy) is 1. The van der Waals surface area contributed by atoms with Gasteiger partial charge in [0.05, 0.1) is 18.4 Å². The molecule has 6 nitrogen and oxygen atoms in total. The molecule has 4 rings (SSSR count). The molecule has 1 N–H and O–H groups in total. The number of amides is 1. The normalized spacial score (nSPS) is 11.2. The molecule has 0 aliphatic heterocycles. The van der Waals surface area contributed by atoms with Crippen molar-refractivity contribution in [2.75, 3.05) is 12.4 Å². The Morgan fingerprint density at radius 1 is 0.968 bits per heavy atom. The Kier molecular flexibility index (Phi) is 5.46. The van der Waals surface area contributed by atoms with Gasteiger partial charge in [-0.05, 0) is 66.8 Å². The number of aryl methyl sites for hydroxylation is 2. The summed E-state index contributed by atoms with van der Waals surface area (Å²) in [5.74, 6) is 0.828. The van der Waals surface area contributed by atoms with E-state index < -0.39 is 0 Å². The Morgan fingerprint density at radius 2 is 1.65 bits per heavy atom. The van der Waals surface area contributed by atoms with Crippen LogP contribution >= 0.6 is 0 Å². The molecule has 31 heavy (non-hydrogen) atoms. The average molecular weight is 415 g/mol. The molecule has 1 heterocycles. The summed E-state index contributed by atoms with van der Waals surface area (Å²) in [6, 6.07) is 17.5. The van der Waals surface area contributed by atoms with E-state index in [1.807, 2.05) is 50.2 Å². The Labute approximate surface area is 181 Å². The number of aromatic nitrogens is 3. The highest BCUT2D eigenvalue weighted by molar-refractivity contribution is 6.07. The molecular formula is C25H26N4O2. The van der Waals surface area contributed by atoms with E-state index in [4.69, 9.17) is 4.74 Å². The fourth-order valence-electron chi connectivity index (χ4n) is 3.60. The number of anilines is 1. The SMILES string of the molecule is COc1c(C)cccc1C(=O)Nc1cc2nn(-c3ccc(C(C)C)cc3)nc2cc1C. The van der Waals surface area contributed by atoms with Gasteiger partial charge in [0.15, 0.2) is 0 Å². The summed E-state index contributed by atoms with van der Waals surface area (Å²) in [5.41, 5.74) is 6.67. The first-order chi connectivity index (χ1) is 14.9. The van der Waals surface area contributed by atoms with Crippen molar-refractivity contribution in [3.8, 4) is 11.4 Å². The van der Waals surface area contributed by atoms with Crippen LogP contribution in [0, 0.1) is 13.8 Å². The molecule has 0 saturated heterocycles. The van der Waals surface area contributed by atoms with E-state index in [-0.39, 0.29) is 5.91 Å². The zero-order valence-corrected chi connectivity index (χ0v) is 18.4. The van der Waals surface area contributed by atoms with Gasteiger partial charge in [0, 0.05) is 5.69 Å². The maximum atomic E-state index is 12.9. The number of rotatable bonds is 5. The van der Waals surface area contributed by atoms with Gasteiger partial charge in [-0.15, -0.1) is 10.2 Å². The van der Waals surface area contributed by atoms with Gasteiger partial charge < -0.3 is 10.1 Å². The molecule has 6 heteroatoms. The molecule has 0 fully saturated rings. The maximum absolute atomic E-state index is 12.9. The summed E-state index contributed by atoms with van der Waals surface area (Å²) >= 11 is 0. The summed E-state index contributed by atoms with van der Waals surface area (Å²) in [7, 11) is 1.57. The number of fused-ring (bicyclic) bond motifs is 1. The molecule has 1 amide bonds. The molecule has 0 aliphatic rings. The minimum Gasteiger partial charge on any atom is -0.496 e. The van der Waals surface area contributed by atoms with Gasteiger partial charge in [0.2, 0.25) is 0 Å². The van der Waals surface area contributed by atoms with Crippen molar-refractivity contribution in [1.82, 2.24) is 15.0 Å². The van der Waals surface area contributed by atoms with Gasteiger partial charge in [-0.2, -0.15) is 4.80 Å². The van der Waals surface area contributed by atoms with Gasteiger partial charge in [-0.3, -0.25) is 4.79 Å². The topological polar surface area (TPSA) is 69.0 Å². The summed E-state index contributed by atoms with van der Waals surface area (Å²) < 4.78 is 5.42. The predicted molar refractivity (Wildman–Crippen MR) is 123 cm³/mol. The quantitative estimate of drug-likeness (QED) is 0.473. The fourth-order valence-corrected chi connectivity index (χ4v) is 3.60. The van der Waals surface area contributed by atoms with Crippen LogP contribution in [-0.4, -0.2) is 28.0 Å². The number of hydrogen-bond donors (Lipinski definition) is 1. The van der Waals surface area contributed by atoms with E-state index in [0.717, 1.165) is 22.3 Å². The minimum absolute atomic E-state index is 0.223. The Bertz CT molecular complexity index is 1260. The number of carbonyl (C=O) groups is 1. The zero-order valence-electron chi connectivity index (χ0n) is 18.4. The average Bonchev–Trinajstić information content (AvgIpc) is 3.16. The number of para-hydroxylation sites is 1. The number of methoxy groups -OCH3 is 1. The largest absolute Gasteiger partial charge is 0.496 e. The molecular weight excluding hydrogens is 388 g/mol. The second kappa shape index (κ2) is 8.22. The lowest BCUT2D eigenvalue weighted by Crippen LogP contribution is -2.14. The summed E-state index contributed by atoms with van der Waals surface area (Å²) in [6.07, 6.45) is 0. The van der Waals surface area contributed by atoms with E-state index in [1.165, 1.54) is 5.56 Å². The Morgan fingerprint density at radius 3 is 2.29 bits per heavy atom. The van der Waals surface area contributed by atoms with Crippen LogP contribution in [0.1, 0.15) is 46.8 Å². The van der Waals surface area contributed by atoms with Crippen molar-refractivity contribution in [2.24, 2.45) is 0 Å². The van der Waals surface area contributed by atoms with Crippen LogP contribution in [0.25, 0.3) is 16.7 Å². The lowest BCUT2D eigenvalue weighted by Gasteiger charge is -2.12. The number of hydrogen-bond acceptors (Lipinski definition) is 4. The molecule has 0 bridgehead atoms. The highest BCUT2D eigenvalue weighted by atomic mass is 16.5. The third kappa shape index (κ3) is 4.01. The Balaban J connectivity index is 1.65. The van der Waals surface area contributed by atoms with Crippen molar-refractivity contribution in [2.45, 2.75) is 33.6 Å². The maximum Gasteiger partial charge on any atom is 0.259 e. The number of benzene rings is 3. The highest BCUT2D eigenvalue weighted by Gasteiger charge is 2.16. The molecule has 0 radical (unpaired) electrons. The Hall–Kier alpha value is -3.67. The molecule has 0 saturated carbocycles. The molecule has 0 atom stereocenters. The lowest BCUT2D eigenvalue weighted by atomic mass is 10.0. The van der Waals surface area contributed by atoms with Crippen LogP contribution in [0.5, 0.6) is 5.75 Å². The molecule has 158 valence electrons. The van der Waals surface area contributed by atoms with E-state index in [0.29, 0.717) is 28.4 Å². The molecule has 3 aromatic carbocycles. The third-order valence-electron chi connectivity index (χ3n) is 5.43. The molecule has 0 aliphatic carbocycles. The van der Waals surface area contributed by atoms with Crippen molar-refractivity contribution in [1.29, 1.82) is 0 Å². The van der Waals surface area contributed by atoms with E-state index in [2.05, 4.69) is 41.5 Å². The van der Waals surface area contributed by atoms with Crippen molar-refractivity contribution < 1.29 is 9.53 Å². The third-order valence-corrected chi connectivity index (χ3v) is 5.43. The molecule has 1 aromatic heterocycles. The first-order valence-corrected chi connectivity index (χ1v) is 10.3. The number of nitrogens with one attached hydrogen (secondary N) is 1. The second-order valence-electron chi connectivity index (χ2n) is 8.00. The minimum atomic E-state index is -0.223. The fraction of sp³-hybridized carbons (Fsp3) is 0.240. The van der Waals surface area contributed by atoms with Gasteiger partial charge in [-0.25, -0.2) is 0 Å². The number of carbonyl (C=O) groups excluding carboxylic acids is 1. The van der Waals surface area contributed by atoms with Gasteiger partial charge in [0.25, 0.3) is 5.91 Å². The molecule has 4 aromatic rings. The van der Waals surface area contributed by atoms with Crippen molar-refractivity contribution in [3.05, 3.63) is 76.9 Å². The molecule has 0 unspecified atom stereocenters. The first-order valence-electron chi connectivity index (χ1n) is 10.3. The second-order valence-corrected chi connectivity index (χ2v) is 8.00. The lowest BCUT2D eigenvalue weighted by molar-refractivity contribution is 0.102. The van der Waals surface area contributed by atoms with Crippen molar-refractivity contribution in [3.63, 3.8) is 0 Å². The van der Waals surface area contributed by atoms with E-state index >= 15 is 0 Å². The summed E-state index contributed by atoms with van der Waals surface area (Å²) in [5, 5.41) is 12.2. The smallest absolute Gasteiger partial charge is 0.259 e. The molecule has 0 spiro atoms. The van der Waals surface area contributed by atoms with Crippen LogP contribution in [0.3, 0.4) is 0 Å². The van der Waals surface area contributed by atoms with Gasteiger partial charge in [-0.1, -0.05) is 38.1 Å². The van der Waals surface area contributed by atoms with E-state index in [9.17, 15) is 4.79 Å². The van der Waals surface area contributed by atoms with Crippen LogP contribution in [0.2, 0.25) is 0 Å². The van der Waals surface area contributed by atoms with Crippen LogP contribution in [0.4, 0.5) is 5.69 Å². The van der Waals surface area contributed by atoms with Crippen LogP contribution in [-0.2, 0) is 0 Å². The monoisotopic (exact) mass is 414 g/mol. The first kappa shape index (κ1) is 20.6. The predicted octanol–water partition coefficient (Wildman–Crippen LogP) is 5.42. The zero-order chi connectivity index (χ0) is 22.1. The van der Waals surface area contributed by atoms with Gasteiger partial charge in [0.1, 0.15) is 16.8 Å². The highest BCUT2D eigenvalue weighted by Crippen LogP contribution is 2.27. The number of nitrogens with zero attached hydrogens (tertiary/aromatic N) is 3. The van der Waals surface area contributed by atoms with Crippen LogP contribution in [0.15, 0.2) is 54.6 Å². The summed E-state index contributed by atoms with van der Waals surface area (Å²) in [4.78, 5) is 14.5. The van der Waals surface area contributed by atoms with Crippen LogP contribution < -0.4 is 10.1 Å².